The van der Waals surface area contributed by atoms with Gasteiger partial charge < -0.3 is 0 Å². The van der Waals surface area contributed by atoms with Crippen molar-refractivity contribution in [2.24, 2.45) is 0 Å². The molecule has 0 aromatic heterocycles. The van der Waals surface area contributed by atoms with Gasteiger partial charge in [-0.2, -0.15) is 0 Å². The van der Waals surface area contributed by atoms with Crippen molar-refractivity contribution >= 4 is 23.3 Å². The summed E-state index contributed by atoms with van der Waals surface area (Å²) in [5.74, 6) is -0.0183. The highest BCUT2D eigenvalue weighted by molar-refractivity contribution is 7.99. The predicted octanol–water partition coefficient (Wildman–Crippen LogP) is 4.62. The molecule has 108 valence electrons. The topological polar surface area (TPSA) is 34.1 Å². The summed E-state index contributed by atoms with van der Waals surface area (Å²) >= 11 is 1.77. The third-order valence-corrected chi connectivity index (χ3v) is 4.06. The lowest BCUT2D eigenvalue weighted by molar-refractivity contribution is 0.101. The molecule has 0 heterocycles. The molecule has 2 nitrogen and oxygen atoms in total. The summed E-state index contributed by atoms with van der Waals surface area (Å²) in [5, 5.41) is 0.519. The molecular weight excluding hydrogens is 280 g/mol. The van der Waals surface area contributed by atoms with Crippen molar-refractivity contribution in [3.05, 3.63) is 65.2 Å². The van der Waals surface area contributed by atoms with Crippen molar-refractivity contribution in [1.29, 1.82) is 0 Å². The van der Waals surface area contributed by atoms with E-state index in [2.05, 4.69) is 13.8 Å². The van der Waals surface area contributed by atoms with Crippen LogP contribution in [0, 0.1) is 0 Å². The molecule has 0 saturated heterocycles. The Labute approximate surface area is 129 Å². The van der Waals surface area contributed by atoms with E-state index < -0.39 is 0 Å². The van der Waals surface area contributed by atoms with Crippen molar-refractivity contribution < 1.29 is 9.59 Å². The number of hydrogen-bond acceptors (Lipinski definition) is 3. The number of carbonyl (C=O) groups is 2. The minimum absolute atomic E-state index is 0.00376. The highest BCUT2D eigenvalue weighted by Gasteiger charge is 2.10. The Bertz CT molecular complexity index is 640. The van der Waals surface area contributed by atoms with Gasteiger partial charge in [-0.25, -0.2) is 0 Å². The molecule has 2 aromatic rings. The largest absolute Gasteiger partial charge is 0.295 e. The Morgan fingerprint density at radius 2 is 1.24 bits per heavy atom. The Balaban J connectivity index is 2.17. The maximum absolute atomic E-state index is 12.4. The van der Waals surface area contributed by atoms with Crippen LogP contribution in [-0.4, -0.2) is 16.8 Å². The maximum Gasteiger partial charge on any atom is 0.193 e. The monoisotopic (exact) mass is 298 g/mol. The molecule has 0 fully saturated rings. The minimum atomic E-state index is -0.0220. The van der Waals surface area contributed by atoms with Gasteiger partial charge in [0.05, 0.1) is 0 Å². The Hall–Kier alpha value is -1.87. The molecule has 0 spiro atoms. The lowest BCUT2D eigenvalue weighted by Crippen LogP contribution is -2.02. The first-order valence-electron chi connectivity index (χ1n) is 6.90. The van der Waals surface area contributed by atoms with Gasteiger partial charge in [0.15, 0.2) is 11.6 Å². The smallest absolute Gasteiger partial charge is 0.193 e. The number of Topliss-reactive ketones (excluding diaryl/α,β-unsaturated/α-hetero) is 1. The molecule has 0 aliphatic carbocycles. The van der Waals surface area contributed by atoms with E-state index in [4.69, 9.17) is 0 Å². The van der Waals surface area contributed by atoms with E-state index in [-0.39, 0.29) is 11.6 Å². The van der Waals surface area contributed by atoms with Crippen LogP contribution in [0.2, 0.25) is 0 Å². The minimum Gasteiger partial charge on any atom is -0.295 e. The summed E-state index contributed by atoms with van der Waals surface area (Å²) in [7, 11) is 0. The van der Waals surface area contributed by atoms with Gasteiger partial charge in [0.25, 0.3) is 0 Å². The number of thioether (sulfide) groups is 1. The summed E-state index contributed by atoms with van der Waals surface area (Å²) < 4.78 is 0. The number of benzene rings is 2. The molecule has 3 heteroatoms. The quantitative estimate of drug-likeness (QED) is 0.596. The fraction of sp³-hybridized carbons (Fsp3) is 0.222. The van der Waals surface area contributed by atoms with Crippen LogP contribution in [0.3, 0.4) is 0 Å². The first-order chi connectivity index (χ1) is 9.97. The molecule has 21 heavy (non-hydrogen) atoms. The van der Waals surface area contributed by atoms with Gasteiger partial charge in [-0.15, -0.1) is 11.8 Å². The fourth-order valence-electron chi connectivity index (χ4n) is 1.98. The van der Waals surface area contributed by atoms with Crippen LogP contribution in [0.5, 0.6) is 0 Å². The van der Waals surface area contributed by atoms with E-state index in [1.54, 1.807) is 36.0 Å². The van der Waals surface area contributed by atoms with E-state index >= 15 is 0 Å². The lowest BCUT2D eigenvalue weighted by Gasteiger charge is -2.06. The molecule has 0 saturated carbocycles. The molecule has 2 rings (SSSR count). The molecule has 0 amide bonds. The molecular formula is C18H18O2S. The second kappa shape index (κ2) is 6.72. The second-order valence-electron chi connectivity index (χ2n) is 5.15. The lowest BCUT2D eigenvalue weighted by atomic mass is 10.0. The van der Waals surface area contributed by atoms with E-state index in [9.17, 15) is 9.59 Å². The van der Waals surface area contributed by atoms with Gasteiger partial charge in [0.1, 0.15) is 0 Å². The van der Waals surface area contributed by atoms with Gasteiger partial charge in [-0.3, -0.25) is 9.59 Å². The summed E-state index contributed by atoms with van der Waals surface area (Å²) in [6, 6.07) is 14.4. The van der Waals surface area contributed by atoms with Gasteiger partial charge in [-0.1, -0.05) is 38.1 Å². The van der Waals surface area contributed by atoms with E-state index in [1.165, 1.54) is 6.92 Å². The fourth-order valence-corrected chi connectivity index (χ4v) is 2.82. The van der Waals surface area contributed by atoms with Crippen molar-refractivity contribution in [2.45, 2.75) is 30.9 Å². The number of rotatable bonds is 5. The molecule has 0 atom stereocenters. The third kappa shape index (κ3) is 4.05. The van der Waals surface area contributed by atoms with Crippen LogP contribution in [0.1, 0.15) is 47.1 Å². The zero-order valence-corrected chi connectivity index (χ0v) is 13.2. The van der Waals surface area contributed by atoms with Crippen LogP contribution in [0.25, 0.3) is 0 Å². The van der Waals surface area contributed by atoms with Gasteiger partial charge in [0.2, 0.25) is 0 Å². The SMILES string of the molecule is CC(=O)c1ccc(C(=O)c2ccc(SC(C)C)cc2)cc1. The molecule has 0 bridgehead atoms. The number of ketones is 2. The molecule has 2 aromatic carbocycles. The summed E-state index contributed by atoms with van der Waals surface area (Å²) in [4.78, 5) is 24.8. The van der Waals surface area contributed by atoms with Crippen LogP contribution >= 0.6 is 11.8 Å². The van der Waals surface area contributed by atoms with Crippen LogP contribution in [0.15, 0.2) is 53.4 Å². The summed E-state index contributed by atoms with van der Waals surface area (Å²) in [6.45, 7) is 5.79. The van der Waals surface area contributed by atoms with Gasteiger partial charge >= 0.3 is 0 Å². The number of hydrogen-bond donors (Lipinski definition) is 0. The zero-order chi connectivity index (χ0) is 15.4. The van der Waals surface area contributed by atoms with Crippen molar-refractivity contribution in [3.63, 3.8) is 0 Å². The predicted molar refractivity (Wildman–Crippen MR) is 87.3 cm³/mol. The molecule has 0 radical (unpaired) electrons. The van der Waals surface area contributed by atoms with E-state index in [0.717, 1.165) is 4.90 Å². The third-order valence-electron chi connectivity index (χ3n) is 3.04. The molecule has 0 aliphatic rings. The Kier molecular flexibility index (Phi) is 4.97. The highest BCUT2D eigenvalue weighted by Crippen LogP contribution is 2.23. The summed E-state index contributed by atoms with van der Waals surface area (Å²) in [5.41, 5.74) is 1.89. The Morgan fingerprint density at radius 3 is 1.67 bits per heavy atom. The highest BCUT2D eigenvalue weighted by atomic mass is 32.2. The molecule has 0 N–H and O–H groups in total. The maximum atomic E-state index is 12.4. The first kappa shape index (κ1) is 15.5. The van der Waals surface area contributed by atoms with Gasteiger partial charge in [-0.05, 0) is 31.2 Å². The van der Waals surface area contributed by atoms with Gasteiger partial charge in [0, 0.05) is 26.8 Å². The van der Waals surface area contributed by atoms with Crippen LogP contribution in [0.4, 0.5) is 0 Å². The van der Waals surface area contributed by atoms with E-state index in [0.29, 0.717) is 21.9 Å². The second-order valence-corrected chi connectivity index (χ2v) is 6.80. The van der Waals surface area contributed by atoms with Crippen LogP contribution < -0.4 is 0 Å². The average Bonchev–Trinajstić information content (AvgIpc) is 2.47. The normalized spacial score (nSPS) is 10.7. The van der Waals surface area contributed by atoms with Crippen molar-refractivity contribution in [3.8, 4) is 0 Å². The average molecular weight is 298 g/mol. The van der Waals surface area contributed by atoms with Crippen molar-refractivity contribution in [1.82, 2.24) is 0 Å². The summed E-state index contributed by atoms with van der Waals surface area (Å²) in [6.07, 6.45) is 0. The van der Waals surface area contributed by atoms with Crippen LogP contribution in [-0.2, 0) is 0 Å². The van der Waals surface area contributed by atoms with E-state index in [1.807, 2.05) is 24.3 Å². The molecule has 0 unspecified atom stereocenters. The first-order valence-corrected chi connectivity index (χ1v) is 7.78. The standard InChI is InChI=1S/C18H18O2S/c1-12(2)21-17-10-8-16(9-11-17)18(20)15-6-4-14(5-7-15)13(3)19/h4-12H,1-3H3. The molecule has 0 aliphatic heterocycles. The Morgan fingerprint density at radius 1 is 0.810 bits per heavy atom. The zero-order valence-electron chi connectivity index (χ0n) is 12.4. The van der Waals surface area contributed by atoms with Crippen molar-refractivity contribution in [2.75, 3.05) is 0 Å². The number of carbonyl (C=O) groups excluding carboxylic acids is 2.